The van der Waals surface area contributed by atoms with Crippen LogP contribution in [0.3, 0.4) is 0 Å². The van der Waals surface area contributed by atoms with Gasteiger partial charge in [0, 0.05) is 45.2 Å². The lowest BCUT2D eigenvalue weighted by molar-refractivity contribution is -0.130. The first-order valence-corrected chi connectivity index (χ1v) is 9.26. The maximum Gasteiger partial charge on any atom is 0.410 e. The van der Waals surface area contributed by atoms with Gasteiger partial charge in [-0.05, 0) is 53.9 Å². The molecule has 1 N–H and O–H groups in total. The number of rotatable bonds is 7. The molecule has 0 aromatic rings. The number of nitrogens with one attached hydrogen (secondary N) is 1. The molecule has 0 spiro atoms. The molecule has 0 aromatic carbocycles. The van der Waals surface area contributed by atoms with E-state index >= 15 is 0 Å². The highest BCUT2D eigenvalue weighted by molar-refractivity contribution is 5.76. The van der Waals surface area contributed by atoms with Crippen molar-refractivity contribution in [3.05, 3.63) is 0 Å². The zero-order valence-electron chi connectivity index (χ0n) is 16.1. The van der Waals surface area contributed by atoms with Crippen molar-refractivity contribution < 1.29 is 14.3 Å². The van der Waals surface area contributed by atoms with E-state index in [-0.39, 0.29) is 18.0 Å². The number of amides is 2. The molecule has 6 heteroatoms. The molecular weight excluding hydrogens is 306 g/mol. The van der Waals surface area contributed by atoms with Crippen LogP contribution in [0.1, 0.15) is 60.3 Å². The van der Waals surface area contributed by atoms with E-state index in [0.29, 0.717) is 19.5 Å². The summed E-state index contributed by atoms with van der Waals surface area (Å²) in [5.41, 5.74) is -0.470. The van der Waals surface area contributed by atoms with Crippen LogP contribution in [0.4, 0.5) is 4.79 Å². The van der Waals surface area contributed by atoms with E-state index in [1.807, 2.05) is 44.4 Å². The van der Waals surface area contributed by atoms with Crippen molar-refractivity contribution in [3.63, 3.8) is 0 Å². The highest BCUT2D eigenvalue weighted by Gasteiger charge is 2.30. The summed E-state index contributed by atoms with van der Waals surface area (Å²) in [6.45, 7) is 13.3. The lowest BCUT2D eigenvalue weighted by Gasteiger charge is -2.37. The number of hydrogen-bond acceptors (Lipinski definition) is 4. The Labute approximate surface area is 146 Å². The first-order chi connectivity index (χ1) is 11.3. The Kier molecular flexibility index (Phi) is 8.53. The molecule has 0 bridgehead atoms. The van der Waals surface area contributed by atoms with Gasteiger partial charge in [0.2, 0.25) is 5.91 Å². The number of piperidine rings is 1. The molecule has 2 amide bonds. The SMILES string of the molecule is CCN(CC)C(=O)CCNCC1CCCCN1C(=O)OC(C)(C)C. The number of carbonyl (C=O) groups excluding carboxylic acids is 2. The van der Waals surface area contributed by atoms with Gasteiger partial charge in [-0.15, -0.1) is 0 Å². The summed E-state index contributed by atoms with van der Waals surface area (Å²) in [7, 11) is 0. The minimum absolute atomic E-state index is 0.150. The Balaban J connectivity index is 2.41. The van der Waals surface area contributed by atoms with E-state index in [0.717, 1.165) is 38.9 Å². The number of likely N-dealkylation sites (tertiary alicyclic amines) is 1. The smallest absolute Gasteiger partial charge is 0.410 e. The molecule has 1 atom stereocenters. The van der Waals surface area contributed by atoms with Crippen molar-refractivity contribution >= 4 is 12.0 Å². The van der Waals surface area contributed by atoms with E-state index in [1.165, 1.54) is 0 Å². The fourth-order valence-corrected chi connectivity index (χ4v) is 2.97. The fraction of sp³-hybridized carbons (Fsp3) is 0.889. The Morgan fingerprint density at radius 3 is 2.46 bits per heavy atom. The summed E-state index contributed by atoms with van der Waals surface area (Å²) >= 11 is 0. The van der Waals surface area contributed by atoms with Crippen molar-refractivity contribution in [1.29, 1.82) is 0 Å². The van der Waals surface area contributed by atoms with Crippen LogP contribution in [0.25, 0.3) is 0 Å². The molecule has 1 fully saturated rings. The van der Waals surface area contributed by atoms with Gasteiger partial charge in [0.05, 0.1) is 0 Å². The van der Waals surface area contributed by atoms with Gasteiger partial charge in [-0.1, -0.05) is 0 Å². The van der Waals surface area contributed by atoms with Crippen molar-refractivity contribution in [1.82, 2.24) is 15.1 Å². The van der Waals surface area contributed by atoms with E-state index in [9.17, 15) is 9.59 Å². The van der Waals surface area contributed by atoms with Crippen LogP contribution < -0.4 is 5.32 Å². The van der Waals surface area contributed by atoms with Crippen LogP contribution in [-0.2, 0) is 9.53 Å². The topological polar surface area (TPSA) is 61.9 Å². The molecule has 1 aliphatic rings. The molecular formula is C18H35N3O3. The zero-order chi connectivity index (χ0) is 18.2. The van der Waals surface area contributed by atoms with Gasteiger partial charge in [0.15, 0.2) is 0 Å². The third kappa shape index (κ3) is 7.07. The summed E-state index contributed by atoms with van der Waals surface area (Å²) in [5.74, 6) is 0.181. The average Bonchev–Trinajstić information content (AvgIpc) is 2.51. The number of hydrogen-bond donors (Lipinski definition) is 1. The fourth-order valence-electron chi connectivity index (χ4n) is 2.97. The number of carbonyl (C=O) groups is 2. The lowest BCUT2D eigenvalue weighted by atomic mass is 10.0. The second-order valence-electron chi connectivity index (χ2n) is 7.34. The van der Waals surface area contributed by atoms with Gasteiger partial charge < -0.3 is 19.9 Å². The van der Waals surface area contributed by atoms with Gasteiger partial charge >= 0.3 is 6.09 Å². The monoisotopic (exact) mass is 341 g/mol. The quantitative estimate of drug-likeness (QED) is 0.723. The predicted octanol–water partition coefficient (Wildman–Crippen LogP) is 2.62. The summed E-state index contributed by atoms with van der Waals surface area (Å²) in [6.07, 6.45) is 3.41. The highest BCUT2D eigenvalue weighted by Crippen LogP contribution is 2.20. The Morgan fingerprint density at radius 2 is 1.88 bits per heavy atom. The van der Waals surface area contributed by atoms with Crippen LogP contribution in [0.15, 0.2) is 0 Å². The largest absolute Gasteiger partial charge is 0.444 e. The maximum absolute atomic E-state index is 12.3. The minimum Gasteiger partial charge on any atom is -0.444 e. The Morgan fingerprint density at radius 1 is 1.21 bits per heavy atom. The normalized spacial score (nSPS) is 18.4. The summed E-state index contributed by atoms with van der Waals surface area (Å²) in [5, 5.41) is 3.34. The molecule has 1 saturated heterocycles. The Hall–Kier alpha value is -1.30. The van der Waals surface area contributed by atoms with Crippen LogP contribution >= 0.6 is 0 Å². The molecule has 1 unspecified atom stereocenters. The summed E-state index contributed by atoms with van der Waals surface area (Å²) < 4.78 is 5.51. The van der Waals surface area contributed by atoms with Gasteiger partial charge in [-0.3, -0.25) is 4.79 Å². The first-order valence-electron chi connectivity index (χ1n) is 9.26. The third-order valence-corrected chi connectivity index (χ3v) is 4.27. The Bertz CT molecular complexity index is 403. The third-order valence-electron chi connectivity index (χ3n) is 4.27. The molecule has 1 aliphatic heterocycles. The summed E-state index contributed by atoms with van der Waals surface area (Å²) in [4.78, 5) is 28.0. The van der Waals surface area contributed by atoms with Crippen LogP contribution in [0.2, 0.25) is 0 Å². The summed E-state index contributed by atoms with van der Waals surface area (Å²) in [6, 6.07) is 0.150. The molecule has 0 aliphatic carbocycles. The molecule has 140 valence electrons. The number of ether oxygens (including phenoxy) is 1. The van der Waals surface area contributed by atoms with Gasteiger partial charge in [0.1, 0.15) is 5.60 Å². The van der Waals surface area contributed by atoms with Gasteiger partial charge in [-0.2, -0.15) is 0 Å². The molecule has 1 heterocycles. The molecule has 0 aromatic heterocycles. The molecule has 0 radical (unpaired) electrons. The van der Waals surface area contributed by atoms with Gasteiger partial charge in [0.25, 0.3) is 0 Å². The highest BCUT2D eigenvalue weighted by atomic mass is 16.6. The second-order valence-corrected chi connectivity index (χ2v) is 7.34. The van der Waals surface area contributed by atoms with Crippen molar-refractivity contribution in [2.75, 3.05) is 32.7 Å². The average molecular weight is 341 g/mol. The first kappa shape index (κ1) is 20.7. The molecule has 6 nitrogen and oxygen atoms in total. The van der Waals surface area contributed by atoms with Crippen molar-refractivity contribution in [2.45, 2.75) is 71.9 Å². The maximum atomic E-state index is 12.3. The second kappa shape index (κ2) is 9.87. The molecule has 0 saturated carbocycles. The lowest BCUT2D eigenvalue weighted by Crippen LogP contribution is -2.50. The van der Waals surface area contributed by atoms with Gasteiger partial charge in [-0.25, -0.2) is 4.79 Å². The zero-order valence-corrected chi connectivity index (χ0v) is 16.1. The molecule has 24 heavy (non-hydrogen) atoms. The minimum atomic E-state index is -0.470. The van der Waals surface area contributed by atoms with E-state index in [4.69, 9.17) is 4.74 Å². The van der Waals surface area contributed by atoms with E-state index in [1.54, 1.807) is 0 Å². The number of nitrogens with zero attached hydrogens (tertiary/aromatic N) is 2. The van der Waals surface area contributed by atoms with E-state index in [2.05, 4.69) is 5.32 Å². The van der Waals surface area contributed by atoms with Crippen molar-refractivity contribution in [3.8, 4) is 0 Å². The van der Waals surface area contributed by atoms with E-state index < -0.39 is 5.60 Å². The molecule has 1 rings (SSSR count). The predicted molar refractivity (Wildman–Crippen MR) is 96.0 cm³/mol. The van der Waals surface area contributed by atoms with Crippen molar-refractivity contribution in [2.24, 2.45) is 0 Å². The van der Waals surface area contributed by atoms with Crippen LogP contribution in [0, 0.1) is 0 Å². The standard InChI is InChI=1S/C18H35N3O3/c1-6-20(7-2)16(22)11-12-19-14-15-10-8-9-13-21(15)17(23)24-18(3,4)5/h15,19H,6-14H2,1-5H3. The van der Waals surface area contributed by atoms with Crippen LogP contribution in [-0.4, -0.2) is 66.2 Å². The van der Waals surface area contributed by atoms with Crippen LogP contribution in [0.5, 0.6) is 0 Å².